The largest absolute Gasteiger partial charge is 0.440 e. The van der Waals surface area contributed by atoms with Gasteiger partial charge in [-0.2, -0.15) is 0 Å². The standard InChI is InChI=1S/C17H15ClN2O/c1-10-8-11(18)9-15-16(10)21-17(20-15)13-6-7-19-14-5-3-2-4-12(13)14/h2-5,8-9,13,19H,6-7H2,1H3. The highest BCUT2D eigenvalue weighted by Crippen LogP contribution is 2.37. The Morgan fingerprint density at radius 1 is 1.29 bits per heavy atom. The van der Waals surface area contributed by atoms with E-state index in [0.29, 0.717) is 5.02 Å². The number of aromatic nitrogens is 1. The second kappa shape index (κ2) is 4.78. The van der Waals surface area contributed by atoms with Crippen LogP contribution in [0.1, 0.15) is 29.4 Å². The zero-order chi connectivity index (χ0) is 14.4. The van der Waals surface area contributed by atoms with Gasteiger partial charge in [0.2, 0.25) is 5.89 Å². The van der Waals surface area contributed by atoms with E-state index in [9.17, 15) is 0 Å². The number of hydrogen-bond acceptors (Lipinski definition) is 3. The van der Waals surface area contributed by atoms with E-state index in [2.05, 4.69) is 28.5 Å². The van der Waals surface area contributed by atoms with E-state index in [1.54, 1.807) is 0 Å². The molecule has 0 aliphatic carbocycles. The lowest BCUT2D eigenvalue weighted by Crippen LogP contribution is -2.17. The number of nitrogens with one attached hydrogen (secondary N) is 1. The number of rotatable bonds is 1. The highest BCUT2D eigenvalue weighted by molar-refractivity contribution is 6.31. The number of oxazole rings is 1. The smallest absolute Gasteiger partial charge is 0.203 e. The third-order valence-electron chi connectivity index (χ3n) is 4.04. The van der Waals surface area contributed by atoms with Crippen molar-refractivity contribution in [1.29, 1.82) is 0 Å². The summed E-state index contributed by atoms with van der Waals surface area (Å²) in [4.78, 5) is 4.68. The fraction of sp³-hybridized carbons (Fsp3) is 0.235. The summed E-state index contributed by atoms with van der Waals surface area (Å²) >= 11 is 6.11. The van der Waals surface area contributed by atoms with Crippen LogP contribution in [0.2, 0.25) is 5.02 Å². The first-order valence-corrected chi connectivity index (χ1v) is 7.49. The lowest BCUT2D eigenvalue weighted by molar-refractivity contribution is 0.484. The second-order valence-electron chi connectivity index (χ2n) is 5.48. The summed E-state index contributed by atoms with van der Waals surface area (Å²) in [7, 11) is 0. The molecule has 4 rings (SSSR count). The molecule has 1 N–H and O–H groups in total. The molecule has 0 spiro atoms. The van der Waals surface area contributed by atoms with Crippen LogP contribution in [0, 0.1) is 6.92 Å². The maximum absolute atomic E-state index is 6.11. The van der Waals surface area contributed by atoms with Gasteiger partial charge in [-0.05, 0) is 42.7 Å². The van der Waals surface area contributed by atoms with Gasteiger partial charge in [0.25, 0.3) is 0 Å². The van der Waals surface area contributed by atoms with Gasteiger partial charge in [0.1, 0.15) is 5.52 Å². The van der Waals surface area contributed by atoms with E-state index in [4.69, 9.17) is 16.0 Å². The van der Waals surface area contributed by atoms with Crippen LogP contribution in [0.15, 0.2) is 40.8 Å². The van der Waals surface area contributed by atoms with Crippen LogP contribution in [0.5, 0.6) is 0 Å². The maximum atomic E-state index is 6.11. The number of fused-ring (bicyclic) bond motifs is 2. The Balaban J connectivity index is 1.86. The molecule has 21 heavy (non-hydrogen) atoms. The van der Waals surface area contributed by atoms with Crippen LogP contribution in [-0.2, 0) is 0 Å². The molecule has 1 unspecified atom stereocenters. The molecule has 106 valence electrons. The molecular weight excluding hydrogens is 284 g/mol. The normalized spacial score (nSPS) is 17.5. The molecule has 0 saturated carbocycles. The number of aryl methyl sites for hydroxylation is 1. The summed E-state index contributed by atoms with van der Waals surface area (Å²) in [6, 6.07) is 12.1. The zero-order valence-corrected chi connectivity index (χ0v) is 12.4. The van der Waals surface area contributed by atoms with Gasteiger partial charge in [-0.25, -0.2) is 4.98 Å². The minimum atomic E-state index is 0.202. The Hall–Kier alpha value is -2.00. The number of para-hydroxylation sites is 1. The van der Waals surface area contributed by atoms with Crippen LogP contribution in [0.3, 0.4) is 0 Å². The van der Waals surface area contributed by atoms with Gasteiger partial charge in [0.05, 0.1) is 5.92 Å². The molecule has 0 amide bonds. The first kappa shape index (κ1) is 12.7. The Morgan fingerprint density at radius 2 is 2.14 bits per heavy atom. The summed E-state index contributed by atoms with van der Waals surface area (Å²) < 4.78 is 6.05. The number of anilines is 1. The Morgan fingerprint density at radius 3 is 3.05 bits per heavy atom. The van der Waals surface area contributed by atoms with Gasteiger partial charge in [0, 0.05) is 17.3 Å². The highest BCUT2D eigenvalue weighted by Gasteiger charge is 2.26. The lowest BCUT2D eigenvalue weighted by atomic mass is 9.91. The topological polar surface area (TPSA) is 38.1 Å². The summed E-state index contributed by atoms with van der Waals surface area (Å²) in [5.74, 6) is 0.984. The Bertz CT molecular complexity index is 825. The van der Waals surface area contributed by atoms with Crippen LogP contribution in [0.25, 0.3) is 11.1 Å². The minimum absolute atomic E-state index is 0.202. The molecule has 1 aliphatic heterocycles. The zero-order valence-electron chi connectivity index (χ0n) is 11.7. The van der Waals surface area contributed by atoms with Crippen molar-refractivity contribution in [3.8, 4) is 0 Å². The van der Waals surface area contributed by atoms with Gasteiger partial charge in [0.15, 0.2) is 5.58 Å². The van der Waals surface area contributed by atoms with Crippen LogP contribution < -0.4 is 5.32 Å². The van der Waals surface area contributed by atoms with Crippen molar-refractivity contribution in [1.82, 2.24) is 4.98 Å². The van der Waals surface area contributed by atoms with Crippen molar-refractivity contribution in [2.45, 2.75) is 19.3 Å². The van der Waals surface area contributed by atoms with E-state index in [-0.39, 0.29) is 5.92 Å². The predicted octanol–water partition coefficient (Wildman–Crippen LogP) is 4.74. The van der Waals surface area contributed by atoms with Gasteiger partial charge < -0.3 is 9.73 Å². The van der Waals surface area contributed by atoms with Gasteiger partial charge >= 0.3 is 0 Å². The molecule has 2 heterocycles. The molecule has 4 heteroatoms. The monoisotopic (exact) mass is 298 g/mol. The van der Waals surface area contributed by atoms with Gasteiger partial charge in [-0.15, -0.1) is 0 Å². The highest BCUT2D eigenvalue weighted by atomic mass is 35.5. The number of nitrogens with zero attached hydrogens (tertiary/aromatic N) is 1. The average molecular weight is 299 g/mol. The van der Waals surface area contributed by atoms with Crippen molar-refractivity contribution < 1.29 is 4.42 Å². The summed E-state index contributed by atoms with van der Waals surface area (Å²) in [6.45, 7) is 2.93. The number of halogens is 1. The molecule has 0 bridgehead atoms. The van der Waals surface area contributed by atoms with Crippen LogP contribution in [0.4, 0.5) is 5.69 Å². The SMILES string of the molecule is Cc1cc(Cl)cc2nc(C3CCNc4ccccc43)oc12. The quantitative estimate of drug-likeness (QED) is 0.705. The summed E-state index contributed by atoms with van der Waals surface area (Å²) in [5.41, 5.74) is 5.12. The molecule has 3 aromatic rings. The Labute approximate surface area is 127 Å². The molecule has 3 nitrogen and oxygen atoms in total. The molecule has 2 aromatic carbocycles. The first-order chi connectivity index (χ1) is 10.2. The maximum Gasteiger partial charge on any atom is 0.203 e. The second-order valence-corrected chi connectivity index (χ2v) is 5.91. The molecule has 0 radical (unpaired) electrons. The van der Waals surface area contributed by atoms with E-state index >= 15 is 0 Å². The number of benzene rings is 2. The van der Waals surface area contributed by atoms with Crippen molar-refractivity contribution in [3.05, 3.63) is 58.4 Å². The molecule has 1 aliphatic rings. The molecule has 0 saturated heterocycles. The minimum Gasteiger partial charge on any atom is -0.440 e. The van der Waals surface area contributed by atoms with Crippen LogP contribution in [-0.4, -0.2) is 11.5 Å². The van der Waals surface area contributed by atoms with E-state index < -0.39 is 0 Å². The van der Waals surface area contributed by atoms with Crippen molar-refractivity contribution in [2.75, 3.05) is 11.9 Å². The van der Waals surface area contributed by atoms with Crippen molar-refractivity contribution in [3.63, 3.8) is 0 Å². The Kier molecular flexibility index (Phi) is 2.89. The summed E-state index contributed by atoms with van der Waals surface area (Å²) in [5, 5.41) is 4.13. The van der Waals surface area contributed by atoms with E-state index in [1.807, 2.05) is 25.1 Å². The van der Waals surface area contributed by atoms with Gasteiger partial charge in [-0.1, -0.05) is 29.8 Å². The summed E-state index contributed by atoms with van der Waals surface area (Å²) in [6.07, 6.45) is 0.983. The molecular formula is C17H15ClN2O. The van der Waals surface area contributed by atoms with E-state index in [1.165, 1.54) is 11.3 Å². The molecule has 0 fully saturated rings. The van der Waals surface area contributed by atoms with Gasteiger partial charge in [-0.3, -0.25) is 0 Å². The third-order valence-corrected chi connectivity index (χ3v) is 4.26. The van der Waals surface area contributed by atoms with Crippen LogP contribution >= 0.6 is 11.6 Å². The first-order valence-electron chi connectivity index (χ1n) is 7.12. The fourth-order valence-corrected chi connectivity index (χ4v) is 3.32. The number of hydrogen-bond donors (Lipinski definition) is 1. The lowest BCUT2D eigenvalue weighted by Gasteiger charge is -2.24. The fourth-order valence-electron chi connectivity index (χ4n) is 3.05. The average Bonchev–Trinajstić information content (AvgIpc) is 2.90. The molecule has 1 aromatic heterocycles. The van der Waals surface area contributed by atoms with E-state index in [0.717, 1.165) is 35.5 Å². The van der Waals surface area contributed by atoms with Crippen molar-refractivity contribution >= 4 is 28.4 Å². The molecule has 1 atom stereocenters. The van der Waals surface area contributed by atoms with Crippen molar-refractivity contribution in [2.24, 2.45) is 0 Å². The third kappa shape index (κ3) is 2.09. The predicted molar refractivity (Wildman–Crippen MR) is 85.1 cm³/mol.